The molecule has 1 rings (SSSR count). The highest BCUT2D eigenvalue weighted by Gasteiger charge is 2.15. The van der Waals surface area contributed by atoms with E-state index >= 15 is 0 Å². The summed E-state index contributed by atoms with van der Waals surface area (Å²) < 4.78 is 0. The summed E-state index contributed by atoms with van der Waals surface area (Å²) in [6, 6.07) is 4.17. The van der Waals surface area contributed by atoms with Crippen molar-refractivity contribution in [3.8, 4) is 0 Å². The Morgan fingerprint density at radius 3 is 2.69 bits per heavy atom. The first-order valence-electron chi connectivity index (χ1n) is 5.48. The zero-order chi connectivity index (χ0) is 12.2. The maximum absolute atomic E-state index is 11.6. The van der Waals surface area contributed by atoms with Crippen molar-refractivity contribution in [3.63, 3.8) is 0 Å². The van der Waals surface area contributed by atoms with Crippen molar-refractivity contribution in [1.29, 1.82) is 0 Å². The van der Waals surface area contributed by atoms with Gasteiger partial charge in [-0.2, -0.15) is 0 Å². The standard InChI is InChI=1S/C12H20N2OS/c1-9(8-10-6-5-7-16-10)13-11(15)14-12(2,3)4/h5-7,9H,8H2,1-4H3,(H2,13,14,15). The van der Waals surface area contributed by atoms with Gasteiger partial charge >= 0.3 is 6.03 Å². The van der Waals surface area contributed by atoms with Crippen molar-refractivity contribution in [1.82, 2.24) is 10.6 Å². The van der Waals surface area contributed by atoms with Crippen LogP contribution in [0.15, 0.2) is 17.5 Å². The van der Waals surface area contributed by atoms with Gasteiger partial charge in [0.05, 0.1) is 0 Å². The third-order valence-electron chi connectivity index (χ3n) is 1.95. The molecule has 2 N–H and O–H groups in total. The second-order valence-corrected chi connectivity index (χ2v) is 6.07. The Kier molecular flexibility index (Phi) is 4.35. The van der Waals surface area contributed by atoms with E-state index in [4.69, 9.17) is 0 Å². The van der Waals surface area contributed by atoms with E-state index in [0.29, 0.717) is 0 Å². The molecule has 1 unspecified atom stereocenters. The highest BCUT2D eigenvalue weighted by Crippen LogP contribution is 2.10. The van der Waals surface area contributed by atoms with Crippen LogP contribution in [0, 0.1) is 0 Å². The van der Waals surface area contributed by atoms with Crippen molar-refractivity contribution >= 4 is 17.4 Å². The van der Waals surface area contributed by atoms with Crippen LogP contribution in [0.4, 0.5) is 4.79 Å². The van der Waals surface area contributed by atoms with E-state index in [2.05, 4.69) is 22.1 Å². The monoisotopic (exact) mass is 240 g/mol. The fraction of sp³-hybridized carbons (Fsp3) is 0.583. The lowest BCUT2D eigenvalue weighted by Crippen LogP contribution is -2.49. The predicted octanol–water partition coefficient (Wildman–Crippen LogP) is 2.78. The van der Waals surface area contributed by atoms with Crippen LogP contribution in [-0.2, 0) is 6.42 Å². The topological polar surface area (TPSA) is 41.1 Å². The fourth-order valence-corrected chi connectivity index (χ4v) is 2.22. The first kappa shape index (κ1) is 13.0. The maximum Gasteiger partial charge on any atom is 0.315 e. The Balaban J connectivity index is 2.34. The molecule has 1 heterocycles. The third-order valence-corrected chi connectivity index (χ3v) is 2.85. The molecule has 0 spiro atoms. The minimum absolute atomic E-state index is 0.100. The van der Waals surface area contributed by atoms with Gasteiger partial charge in [0.1, 0.15) is 0 Å². The summed E-state index contributed by atoms with van der Waals surface area (Å²) in [5.74, 6) is 0. The highest BCUT2D eigenvalue weighted by molar-refractivity contribution is 7.09. The number of thiophene rings is 1. The van der Waals surface area contributed by atoms with Gasteiger partial charge in [0.15, 0.2) is 0 Å². The number of nitrogens with one attached hydrogen (secondary N) is 2. The van der Waals surface area contributed by atoms with E-state index in [1.54, 1.807) is 11.3 Å². The maximum atomic E-state index is 11.6. The van der Waals surface area contributed by atoms with Gasteiger partial charge in [0.25, 0.3) is 0 Å². The molecule has 0 bridgehead atoms. The minimum atomic E-state index is -0.188. The van der Waals surface area contributed by atoms with Crippen LogP contribution in [-0.4, -0.2) is 17.6 Å². The predicted molar refractivity (Wildman–Crippen MR) is 68.9 cm³/mol. The van der Waals surface area contributed by atoms with Crippen LogP contribution < -0.4 is 10.6 Å². The molecule has 3 nitrogen and oxygen atoms in total. The zero-order valence-electron chi connectivity index (χ0n) is 10.3. The van der Waals surface area contributed by atoms with Crippen molar-refractivity contribution in [2.45, 2.75) is 45.7 Å². The summed E-state index contributed by atoms with van der Waals surface area (Å²) in [4.78, 5) is 12.9. The Hall–Kier alpha value is -1.03. The third kappa shape index (κ3) is 5.16. The van der Waals surface area contributed by atoms with Gasteiger partial charge in [-0.05, 0) is 39.1 Å². The van der Waals surface area contributed by atoms with Crippen LogP contribution in [0.1, 0.15) is 32.6 Å². The quantitative estimate of drug-likeness (QED) is 0.838. The molecule has 1 aromatic rings. The molecular formula is C12H20N2OS. The van der Waals surface area contributed by atoms with Crippen LogP contribution in [0.25, 0.3) is 0 Å². The van der Waals surface area contributed by atoms with Gasteiger partial charge in [0.2, 0.25) is 0 Å². The van der Waals surface area contributed by atoms with E-state index in [-0.39, 0.29) is 17.6 Å². The molecule has 4 heteroatoms. The molecule has 0 fully saturated rings. The Morgan fingerprint density at radius 1 is 1.50 bits per heavy atom. The molecule has 0 saturated heterocycles. The summed E-state index contributed by atoms with van der Waals surface area (Å²) in [6.07, 6.45) is 0.884. The normalized spacial score (nSPS) is 13.2. The summed E-state index contributed by atoms with van der Waals surface area (Å²) in [5.41, 5.74) is -0.188. The zero-order valence-corrected chi connectivity index (χ0v) is 11.1. The molecule has 0 aliphatic carbocycles. The van der Waals surface area contributed by atoms with Crippen LogP contribution in [0.5, 0.6) is 0 Å². The van der Waals surface area contributed by atoms with E-state index in [0.717, 1.165) is 6.42 Å². The van der Waals surface area contributed by atoms with E-state index < -0.39 is 0 Å². The number of hydrogen-bond acceptors (Lipinski definition) is 2. The first-order valence-corrected chi connectivity index (χ1v) is 6.36. The smallest absolute Gasteiger partial charge is 0.315 e. The van der Waals surface area contributed by atoms with Crippen molar-refractivity contribution in [2.75, 3.05) is 0 Å². The molecule has 16 heavy (non-hydrogen) atoms. The van der Waals surface area contributed by atoms with E-state index in [9.17, 15) is 4.79 Å². The van der Waals surface area contributed by atoms with Gasteiger partial charge in [-0.15, -0.1) is 11.3 Å². The largest absolute Gasteiger partial charge is 0.335 e. The van der Waals surface area contributed by atoms with Crippen molar-refractivity contribution in [2.24, 2.45) is 0 Å². The van der Waals surface area contributed by atoms with Crippen molar-refractivity contribution in [3.05, 3.63) is 22.4 Å². The number of urea groups is 1. The average molecular weight is 240 g/mol. The summed E-state index contributed by atoms with van der Waals surface area (Å²) in [6.45, 7) is 7.92. The van der Waals surface area contributed by atoms with E-state index in [1.807, 2.05) is 33.8 Å². The molecule has 90 valence electrons. The lowest BCUT2D eigenvalue weighted by Gasteiger charge is -2.22. The summed E-state index contributed by atoms with van der Waals surface area (Å²) >= 11 is 1.72. The van der Waals surface area contributed by atoms with E-state index in [1.165, 1.54) is 4.88 Å². The highest BCUT2D eigenvalue weighted by atomic mass is 32.1. The Morgan fingerprint density at radius 2 is 2.19 bits per heavy atom. The van der Waals surface area contributed by atoms with Gasteiger partial charge in [0, 0.05) is 22.9 Å². The minimum Gasteiger partial charge on any atom is -0.335 e. The Labute approximate surface area is 101 Å². The van der Waals surface area contributed by atoms with Gasteiger partial charge < -0.3 is 10.6 Å². The number of amides is 2. The Bertz CT molecular complexity index is 327. The number of hydrogen-bond donors (Lipinski definition) is 2. The second kappa shape index (κ2) is 5.34. The molecule has 2 amide bonds. The van der Waals surface area contributed by atoms with Crippen molar-refractivity contribution < 1.29 is 4.79 Å². The van der Waals surface area contributed by atoms with Crippen LogP contribution in [0.3, 0.4) is 0 Å². The molecular weight excluding hydrogens is 220 g/mol. The fourth-order valence-electron chi connectivity index (χ4n) is 1.38. The lowest BCUT2D eigenvalue weighted by atomic mass is 10.1. The SMILES string of the molecule is CC(Cc1cccs1)NC(=O)NC(C)(C)C. The average Bonchev–Trinajstić information content (AvgIpc) is 2.51. The summed E-state index contributed by atoms with van der Waals surface area (Å²) in [5, 5.41) is 7.87. The molecule has 0 aromatic carbocycles. The number of rotatable bonds is 3. The molecule has 1 atom stereocenters. The molecule has 0 saturated carbocycles. The summed E-state index contributed by atoms with van der Waals surface area (Å²) in [7, 11) is 0. The number of carbonyl (C=O) groups excluding carboxylic acids is 1. The molecule has 0 aliphatic heterocycles. The molecule has 0 aliphatic rings. The van der Waals surface area contributed by atoms with Crippen LogP contribution >= 0.6 is 11.3 Å². The number of carbonyl (C=O) groups is 1. The second-order valence-electron chi connectivity index (χ2n) is 5.03. The van der Waals surface area contributed by atoms with Gasteiger partial charge in [-0.1, -0.05) is 6.07 Å². The van der Waals surface area contributed by atoms with Gasteiger partial charge in [-0.25, -0.2) is 4.79 Å². The molecule has 0 radical (unpaired) electrons. The van der Waals surface area contributed by atoms with Crippen LogP contribution in [0.2, 0.25) is 0 Å². The first-order chi connectivity index (χ1) is 7.37. The molecule has 1 aromatic heterocycles. The lowest BCUT2D eigenvalue weighted by molar-refractivity contribution is 0.229. The van der Waals surface area contributed by atoms with Gasteiger partial charge in [-0.3, -0.25) is 0 Å².